The Kier molecular flexibility index (Phi) is 4.06. The lowest BCUT2D eigenvalue weighted by Crippen LogP contribution is -1.99. The smallest absolute Gasteiger partial charge is 0.325 e. The van der Waals surface area contributed by atoms with Gasteiger partial charge in [0.2, 0.25) is 5.75 Å². The number of rotatable bonds is 4. The average Bonchev–Trinajstić information content (AvgIpc) is 2.37. The number of anilines is 1. The lowest BCUT2D eigenvalue weighted by molar-refractivity contribution is 0.336. The van der Waals surface area contributed by atoms with Crippen LogP contribution < -0.4 is 19.9 Å². The summed E-state index contributed by atoms with van der Waals surface area (Å²) in [6.45, 7) is 0. The molecule has 100 valence electrons. The molecule has 6 nitrogen and oxygen atoms in total. The van der Waals surface area contributed by atoms with E-state index in [9.17, 15) is 0 Å². The Labute approximate surface area is 118 Å². The molecule has 0 spiro atoms. The summed E-state index contributed by atoms with van der Waals surface area (Å²) in [5.41, 5.74) is 5.63. The largest absolute Gasteiger partial charge is 0.493 e. The number of methoxy groups -OCH3 is 2. The maximum Gasteiger partial charge on any atom is 0.325 e. The predicted octanol–water partition coefficient (Wildman–Crippen LogP) is 2.63. The minimum absolute atomic E-state index is 0.106. The number of nitrogen functional groups attached to an aromatic ring is 1. The number of hydrogen-bond donors (Lipinski definition) is 1. The molecule has 0 radical (unpaired) electrons. The van der Waals surface area contributed by atoms with Gasteiger partial charge in [-0.25, -0.2) is 0 Å². The van der Waals surface area contributed by atoms with E-state index in [4.69, 9.17) is 19.9 Å². The number of nitrogens with zero attached hydrogens (tertiary/aromatic N) is 2. The molecule has 2 aromatic rings. The lowest BCUT2D eigenvalue weighted by atomic mass is 10.3. The number of ether oxygens (including phenoxy) is 3. The predicted molar refractivity (Wildman–Crippen MR) is 73.8 cm³/mol. The first-order chi connectivity index (χ1) is 9.13. The molecule has 0 saturated heterocycles. The molecular formula is C12H12BrN3O3. The third-order valence-corrected chi connectivity index (χ3v) is 2.68. The van der Waals surface area contributed by atoms with Crippen LogP contribution >= 0.6 is 15.9 Å². The fourth-order valence-corrected chi connectivity index (χ4v) is 1.85. The zero-order valence-electron chi connectivity index (χ0n) is 10.4. The van der Waals surface area contributed by atoms with Gasteiger partial charge in [-0.05, 0) is 28.1 Å². The van der Waals surface area contributed by atoms with Crippen LogP contribution in [0.5, 0.6) is 23.3 Å². The summed E-state index contributed by atoms with van der Waals surface area (Å²) in [4.78, 5) is 8.06. The molecule has 19 heavy (non-hydrogen) atoms. The van der Waals surface area contributed by atoms with Crippen LogP contribution in [0.2, 0.25) is 0 Å². The van der Waals surface area contributed by atoms with Gasteiger partial charge in [0.25, 0.3) is 0 Å². The second kappa shape index (κ2) is 5.75. The van der Waals surface area contributed by atoms with Gasteiger partial charge in [0, 0.05) is 6.07 Å². The number of aromatic nitrogens is 2. The van der Waals surface area contributed by atoms with Gasteiger partial charge in [-0.1, -0.05) is 6.07 Å². The van der Waals surface area contributed by atoms with Crippen LogP contribution in [0.1, 0.15) is 0 Å². The van der Waals surface area contributed by atoms with E-state index in [0.717, 1.165) is 0 Å². The molecule has 0 atom stereocenters. The van der Waals surface area contributed by atoms with E-state index in [-0.39, 0.29) is 6.01 Å². The van der Waals surface area contributed by atoms with Crippen LogP contribution in [-0.4, -0.2) is 24.2 Å². The number of hydrogen-bond acceptors (Lipinski definition) is 6. The molecule has 7 heteroatoms. The van der Waals surface area contributed by atoms with Crippen LogP contribution in [0.15, 0.2) is 28.9 Å². The first-order valence-electron chi connectivity index (χ1n) is 5.33. The second-order valence-electron chi connectivity index (χ2n) is 3.49. The van der Waals surface area contributed by atoms with E-state index >= 15 is 0 Å². The average molecular weight is 326 g/mol. The molecular weight excluding hydrogens is 314 g/mol. The summed E-state index contributed by atoms with van der Waals surface area (Å²) in [6.07, 6.45) is 0. The highest BCUT2D eigenvalue weighted by Crippen LogP contribution is 2.39. The second-order valence-corrected chi connectivity index (χ2v) is 4.30. The number of halogens is 1. The third kappa shape index (κ3) is 3.05. The van der Waals surface area contributed by atoms with Crippen molar-refractivity contribution in [3.05, 3.63) is 28.9 Å². The van der Waals surface area contributed by atoms with Crippen molar-refractivity contribution in [1.29, 1.82) is 0 Å². The Balaban J connectivity index is 2.41. The maximum absolute atomic E-state index is 5.63. The highest BCUT2D eigenvalue weighted by Gasteiger charge is 2.14. The Morgan fingerprint density at radius 2 is 1.74 bits per heavy atom. The quantitative estimate of drug-likeness (QED) is 0.870. The molecule has 1 aromatic carbocycles. The highest BCUT2D eigenvalue weighted by atomic mass is 79.9. The summed E-state index contributed by atoms with van der Waals surface area (Å²) in [5, 5.41) is 0. The molecule has 0 aliphatic carbocycles. The number of benzene rings is 1. The number of para-hydroxylation sites is 1. The van der Waals surface area contributed by atoms with Gasteiger partial charge in [0.05, 0.1) is 14.2 Å². The molecule has 2 rings (SSSR count). The first kappa shape index (κ1) is 13.4. The van der Waals surface area contributed by atoms with Gasteiger partial charge >= 0.3 is 6.01 Å². The molecule has 0 bridgehead atoms. The van der Waals surface area contributed by atoms with Gasteiger partial charge in [-0.2, -0.15) is 9.97 Å². The Morgan fingerprint density at radius 3 is 2.26 bits per heavy atom. The molecule has 1 aromatic heterocycles. The summed E-state index contributed by atoms with van der Waals surface area (Å²) in [6, 6.07) is 6.97. The molecule has 0 aliphatic heterocycles. The minimum Gasteiger partial charge on any atom is -0.493 e. The van der Waals surface area contributed by atoms with Crippen molar-refractivity contribution < 1.29 is 14.2 Å². The summed E-state index contributed by atoms with van der Waals surface area (Å²) < 4.78 is 16.6. The van der Waals surface area contributed by atoms with Gasteiger partial charge in [-0.15, -0.1) is 0 Å². The Hall–Kier alpha value is -2.02. The van der Waals surface area contributed by atoms with Crippen LogP contribution in [0.4, 0.5) is 5.82 Å². The van der Waals surface area contributed by atoms with Crippen molar-refractivity contribution in [1.82, 2.24) is 9.97 Å². The van der Waals surface area contributed by atoms with Gasteiger partial charge in [-0.3, -0.25) is 0 Å². The van der Waals surface area contributed by atoms with Crippen molar-refractivity contribution in [2.24, 2.45) is 0 Å². The molecule has 0 unspecified atom stereocenters. The molecule has 0 fully saturated rings. The third-order valence-electron chi connectivity index (χ3n) is 2.27. The van der Waals surface area contributed by atoms with Crippen molar-refractivity contribution >= 4 is 21.7 Å². The SMILES string of the molecule is COc1cccc(OC)c1Oc1nc(N)cc(Br)n1. The fourth-order valence-electron chi connectivity index (χ4n) is 1.47. The Bertz CT molecular complexity index is 550. The van der Waals surface area contributed by atoms with Crippen molar-refractivity contribution in [2.45, 2.75) is 0 Å². The first-order valence-corrected chi connectivity index (χ1v) is 6.12. The molecule has 0 aliphatic rings. The summed E-state index contributed by atoms with van der Waals surface area (Å²) in [5.74, 6) is 1.72. The number of nitrogens with two attached hydrogens (primary N) is 1. The molecule has 2 N–H and O–H groups in total. The lowest BCUT2D eigenvalue weighted by Gasteiger charge is -2.12. The topological polar surface area (TPSA) is 79.5 Å². The van der Waals surface area contributed by atoms with Crippen LogP contribution in [0.25, 0.3) is 0 Å². The van der Waals surface area contributed by atoms with E-state index in [2.05, 4.69) is 25.9 Å². The fraction of sp³-hybridized carbons (Fsp3) is 0.167. The molecule has 1 heterocycles. The minimum atomic E-state index is 0.106. The molecule has 0 amide bonds. The van der Waals surface area contributed by atoms with Crippen molar-refractivity contribution in [3.63, 3.8) is 0 Å². The standard InChI is InChI=1S/C12H12BrN3O3/c1-17-7-4-3-5-8(18-2)11(7)19-12-15-9(13)6-10(14)16-12/h3-6H,1-2H3,(H2,14,15,16). The van der Waals surface area contributed by atoms with Crippen molar-refractivity contribution in [3.8, 4) is 23.3 Å². The zero-order valence-corrected chi connectivity index (χ0v) is 12.0. The van der Waals surface area contributed by atoms with Crippen molar-refractivity contribution in [2.75, 3.05) is 20.0 Å². The Morgan fingerprint density at radius 1 is 1.11 bits per heavy atom. The van der Waals surface area contributed by atoms with Crippen LogP contribution in [0, 0.1) is 0 Å². The van der Waals surface area contributed by atoms with Gasteiger partial charge in [0.15, 0.2) is 11.5 Å². The van der Waals surface area contributed by atoms with Crippen LogP contribution in [0.3, 0.4) is 0 Å². The highest BCUT2D eigenvalue weighted by molar-refractivity contribution is 9.10. The van der Waals surface area contributed by atoms with Gasteiger partial charge in [0.1, 0.15) is 10.4 Å². The van der Waals surface area contributed by atoms with E-state index in [1.807, 2.05) is 0 Å². The molecule has 0 saturated carbocycles. The zero-order chi connectivity index (χ0) is 13.8. The van der Waals surface area contributed by atoms with E-state index in [1.165, 1.54) is 14.2 Å². The van der Waals surface area contributed by atoms with E-state index in [1.54, 1.807) is 24.3 Å². The van der Waals surface area contributed by atoms with Gasteiger partial charge < -0.3 is 19.9 Å². The normalized spacial score (nSPS) is 10.1. The van der Waals surface area contributed by atoms with E-state index in [0.29, 0.717) is 27.7 Å². The van der Waals surface area contributed by atoms with Crippen LogP contribution in [-0.2, 0) is 0 Å². The van der Waals surface area contributed by atoms with E-state index < -0.39 is 0 Å². The maximum atomic E-state index is 5.63. The monoisotopic (exact) mass is 325 g/mol. The summed E-state index contributed by atoms with van der Waals surface area (Å²) >= 11 is 3.22. The summed E-state index contributed by atoms with van der Waals surface area (Å²) in [7, 11) is 3.08.